The molecule has 1 fully saturated rings. The highest BCUT2D eigenvalue weighted by molar-refractivity contribution is 6.08. The average molecular weight is 283 g/mol. The molecule has 0 radical (unpaired) electrons. The number of benzene rings is 1. The van der Waals surface area contributed by atoms with Crippen molar-refractivity contribution in [1.29, 1.82) is 0 Å². The van der Waals surface area contributed by atoms with Crippen LogP contribution in [-0.2, 0) is 9.53 Å². The third kappa shape index (κ3) is 3.60. The lowest BCUT2D eigenvalue weighted by atomic mass is 10.1. The molecule has 0 aliphatic carbocycles. The molecule has 1 heterocycles. The van der Waals surface area contributed by atoms with Crippen LogP contribution >= 0.6 is 0 Å². The third-order valence-electron chi connectivity index (χ3n) is 3.14. The van der Waals surface area contributed by atoms with Crippen molar-refractivity contribution in [1.82, 2.24) is 0 Å². The smallest absolute Gasteiger partial charge is 0.296 e. The second kappa shape index (κ2) is 6.56. The second-order valence-electron chi connectivity index (χ2n) is 4.51. The molecule has 1 aromatic carbocycles. The Kier molecular flexibility index (Phi) is 4.79. The van der Waals surface area contributed by atoms with Gasteiger partial charge in [-0.15, -0.1) is 0 Å². The third-order valence-corrected chi connectivity index (χ3v) is 3.14. The van der Waals surface area contributed by atoms with Crippen molar-refractivity contribution in [3.8, 4) is 0 Å². The average Bonchev–Trinajstić information content (AvgIpc) is 2.48. The van der Waals surface area contributed by atoms with E-state index in [1.807, 2.05) is 0 Å². The summed E-state index contributed by atoms with van der Waals surface area (Å²) in [6, 6.07) is 6.63. The molecule has 1 aliphatic heterocycles. The van der Waals surface area contributed by atoms with E-state index in [0.717, 1.165) is 18.8 Å². The Morgan fingerprint density at radius 1 is 1.15 bits per heavy atom. The monoisotopic (exact) mass is 283 g/mol. The number of morpholine rings is 1. The van der Waals surface area contributed by atoms with Gasteiger partial charge in [-0.05, 0) is 24.3 Å². The number of Topliss-reactive ketones (excluding diaryl/α,β-unsaturated/α-hetero) is 2. The van der Waals surface area contributed by atoms with E-state index in [4.69, 9.17) is 4.74 Å². The van der Waals surface area contributed by atoms with Gasteiger partial charge in [0.15, 0.2) is 5.78 Å². The van der Waals surface area contributed by atoms with E-state index in [1.54, 1.807) is 24.3 Å². The summed E-state index contributed by atoms with van der Waals surface area (Å²) in [5.41, 5.74) is 1.22. The van der Waals surface area contributed by atoms with Gasteiger partial charge in [0.2, 0.25) is 5.78 Å². The number of ether oxygens (including phenoxy) is 1. The highest BCUT2D eigenvalue weighted by atomic mass is 19.3. The zero-order valence-corrected chi connectivity index (χ0v) is 10.9. The first kappa shape index (κ1) is 14.6. The fourth-order valence-electron chi connectivity index (χ4n) is 2.02. The Balaban J connectivity index is 2.00. The fraction of sp³-hybridized carbons (Fsp3) is 0.429. The quantitative estimate of drug-likeness (QED) is 0.612. The molecule has 0 saturated carbocycles. The molecule has 0 aromatic heterocycles. The van der Waals surface area contributed by atoms with Crippen LogP contribution in [0.15, 0.2) is 24.3 Å². The topological polar surface area (TPSA) is 46.6 Å². The van der Waals surface area contributed by atoms with Crippen LogP contribution < -0.4 is 4.90 Å². The minimum atomic E-state index is -3.09. The molecule has 20 heavy (non-hydrogen) atoms. The lowest BCUT2D eigenvalue weighted by molar-refractivity contribution is -0.128. The van der Waals surface area contributed by atoms with E-state index in [-0.39, 0.29) is 5.56 Å². The molecule has 4 nitrogen and oxygen atoms in total. The van der Waals surface area contributed by atoms with Crippen LogP contribution in [0.25, 0.3) is 0 Å². The number of ketones is 2. The van der Waals surface area contributed by atoms with Crippen LogP contribution in [-0.4, -0.2) is 44.3 Å². The van der Waals surface area contributed by atoms with Crippen LogP contribution in [0.3, 0.4) is 0 Å². The zero-order valence-electron chi connectivity index (χ0n) is 10.9. The highest BCUT2D eigenvalue weighted by Crippen LogP contribution is 2.17. The Hall–Kier alpha value is -1.82. The molecular formula is C14H15F2NO3. The molecule has 2 rings (SSSR count). The molecule has 0 amide bonds. The largest absolute Gasteiger partial charge is 0.378 e. The summed E-state index contributed by atoms with van der Waals surface area (Å²) < 4.78 is 29.4. The summed E-state index contributed by atoms with van der Waals surface area (Å²) >= 11 is 0. The first-order valence-electron chi connectivity index (χ1n) is 6.35. The van der Waals surface area contributed by atoms with Crippen molar-refractivity contribution < 1.29 is 23.1 Å². The first-order valence-corrected chi connectivity index (χ1v) is 6.35. The molecule has 1 saturated heterocycles. The Labute approximate surface area is 115 Å². The van der Waals surface area contributed by atoms with E-state index < -0.39 is 24.4 Å². The second-order valence-corrected chi connectivity index (χ2v) is 4.51. The van der Waals surface area contributed by atoms with Crippen molar-refractivity contribution in [2.45, 2.75) is 12.8 Å². The van der Waals surface area contributed by atoms with Crippen LogP contribution in [0.4, 0.5) is 14.5 Å². The predicted octanol–water partition coefficient (Wildman–Crippen LogP) is 1.93. The maximum atomic E-state index is 12.1. The highest BCUT2D eigenvalue weighted by Gasteiger charge is 2.20. The van der Waals surface area contributed by atoms with Gasteiger partial charge in [0, 0.05) is 24.3 Å². The molecule has 0 spiro atoms. The number of carbonyl (C=O) groups excluding carboxylic acids is 2. The zero-order chi connectivity index (χ0) is 14.5. The number of rotatable bonds is 5. The number of anilines is 1. The van der Waals surface area contributed by atoms with Crippen molar-refractivity contribution in [2.75, 3.05) is 31.2 Å². The summed E-state index contributed by atoms with van der Waals surface area (Å²) in [6.45, 7) is 2.86. The Bertz CT molecular complexity index is 482. The summed E-state index contributed by atoms with van der Waals surface area (Å²) in [5, 5.41) is 0. The predicted molar refractivity (Wildman–Crippen MR) is 69.4 cm³/mol. The van der Waals surface area contributed by atoms with Gasteiger partial charge >= 0.3 is 0 Å². The molecule has 0 bridgehead atoms. The van der Waals surface area contributed by atoms with Gasteiger partial charge < -0.3 is 9.64 Å². The summed E-state index contributed by atoms with van der Waals surface area (Å²) in [7, 11) is 0. The number of hydrogen-bond donors (Lipinski definition) is 0. The molecule has 108 valence electrons. The van der Waals surface area contributed by atoms with Gasteiger partial charge in [-0.3, -0.25) is 9.59 Å². The summed E-state index contributed by atoms with van der Waals surface area (Å²) in [5.74, 6) is -1.92. The molecule has 0 atom stereocenters. The van der Waals surface area contributed by atoms with Gasteiger partial charge in [-0.2, -0.15) is 0 Å². The minimum absolute atomic E-state index is 0.274. The molecule has 1 aromatic rings. The maximum Gasteiger partial charge on any atom is 0.296 e. The van der Waals surface area contributed by atoms with Gasteiger partial charge in [0.25, 0.3) is 6.43 Å². The summed E-state index contributed by atoms with van der Waals surface area (Å²) in [6.07, 6.45) is -3.85. The number of alkyl halides is 2. The number of nitrogens with zero attached hydrogens (tertiary/aromatic N) is 1. The van der Waals surface area contributed by atoms with Crippen LogP contribution in [0.2, 0.25) is 0 Å². The standard InChI is InChI=1S/C14H15F2NO3/c15-14(16)13(19)9-12(18)10-1-3-11(4-2-10)17-5-7-20-8-6-17/h1-4,14H,5-9H2. The van der Waals surface area contributed by atoms with Crippen molar-refractivity contribution in [3.05, 3.63) is 29.8 Å². The van der Waals surface area contributed by atoms with E-state index >= 15 is 0 Å². The van der Waals surface area contributed by atoms with Gasteiger partial charge in [-0.25, -0.2) is 8.78 Å². The van der Waals surface area contributed by atoms with Crippen LogP contribution in [0.5, 0.6) is 0 Å². The maximum absolute atomic E-state index is 12.1. The van der Waals surface area contributed by atoms with E-state index in [2.05, 4.69) is 4.90 Å². The van der Waals surface area contributed by atoms with Crippen molar-refractivity contribution >= 4 is 17.3 Å². The Morgan fingerprint density at radius 2 is 1.75 bits per heavy atom. The van der Waals surface area contributed by atoms with Crippen LogP contribution in [0.1, 0.15) is 16.8 Å². The number of halogens is 2. The fourth-order valence-corrected chi connectivity index (χ4v) is 2.02. The lowest BCUT2D eigenvalue weighted by Gasteiger charge is -2.28. The SMILES string of the molecule is O=C(CC(=O)C(F)F)c1ccc(N2CCOCC2)cc1. The minimum Gasteiger partial charge on any atom is -0.378 e. The molecular weight excluding hydrogens is 268 g/mol. The van der Waals surface area contributed by atoms with Gasteiger partial charge in [0.05, 0.1) is 19.6 Å². The normalized spacial score (nSPS) is 15.4. The lowest BCUT2D eigenvalue weighted by Crippen LogP contribution is -2.36. The molecule has 6 heteroatoms. The van der Waals surface area contributed by atoms with Gasteiger partial charge in [0.1, 0.15) is 0 Å². The molecule has 1 aliphatic rings. The van der Waals surface area contributed by atoms with Crippen LogP contribution in [0, 0.1) is 0 Å². The number of hydrogen-bond acceptors (Lipinski definition) is 4. The number of carbonyl (C=O) groups is 2. The van der Waals surface area contributed by atoms with E-state index in [0.29, 0.717) is 13.2 Å². The first-order chi connectivity index (χ1) is 9.58. The van der Waals surface area contributed by atoms with Gasteiger partial charge in [-0.1, -0.05) is 0 Å². The van der Waals surface area contributed by atoms with E-state index in [9.17, 15) is 18.4 Å². The van der Waals surface area contributed by atoms with E-state index in [1.165, 1.54) is 0 Å². The molecule has 0 N–H and O–H groups in total. The molecule has 0 unspecified atom stereocenters. The van der Waals surface area contributed by atoms with Crippen molar-refractivity contribution in [3.63, 3.8) is 0 Å². The Morgan fingerprint density at radius 3 is 2.30 bits per heavy atom. The van der Waals surface area contributed by atoms with Crippen molar-refractivity contribution in [2.24, 2.45) is 0 Å². The summed E-state index contributed by atoms with van der Waals surface area (Å²) in [4.78, 5) is 24.6.